The highest BCUT2D eigenvalue weighted by molar-refractivity contribution is 5.81. The number of hydrogen-bond acceptors (Lipinski definition) is 11. The number of carboxylic acid groups (broad SMARTS) is 1. The number of hydrogen-bond donors (Lipinski definition) is 6. The molecule has 2 unspecified atom stereocenters. The fraction of sp³-hybridized carbons (Fsp3) is 0.760. The molecule has 0 aliphatic rings. The zero-order valence-electron chi connectivity index (χ0n) is 23.7. The van der Waals surface area contributed by atoms with Gasteiger partial charge in [0.25, 0.3) is 0 Å². The average molecular weight is 592 g/mol. The first-order chi connectivity index (χ1) is 19.7. The second-order valence-corrected chi connectivity index (χ2v) is 8.81. The molecule has 4 amide bonds. The van der Waals surface area contributed by atoms with Crippen molar-refractivity contribution in [1.29, 1.82) is 0 Å². The number of ether oxygens (including phenoxy) is 4. The van der Waals surface area contributed by atoms with Gasteiger partial charge < -0.3 is 51.1 Å². The lowest BCUT2D eigenvalue weighted by Crippen LogP contribution is -2.37. The van der Waals surface area contributed by atoms with Gasteiger partial charge in [0.05, 0.1) is 45.7 Å². The Labute approximate surface area is 239 Å². The maximum Gasteiger partial charge on any atom is 0.326 e. The third-order valence-corrected chi connectivity index (χ3v) is 5.36. The highest BCUT2D eigenvalue weighted by atomic mass is 16.5. The monoisotopic (exact) mass is 591 g/mol. The predicted molar refractivity (Wildman–Crippen MR) is 145 cm³/mol. The zero-order valence-corrected chi connectivity index (χ0v) is 23.7. The number of carbonyl (C=O) groups excluding carboxylic acids is 5. The Morgan fingerprint density at radius 1 is 0.732 bits per heavy atom. The summed E-state index contributed by atoms with van der Waals surface area (Å²) in [6, 6.07) is -1.56. The molecule has 0 aliphatic heterocycles. The van der Waals surface area contributed by atoms with Crippen molar-refractivity contribution in [3.8, 4) is 0 Å². The lowest BCUT2D eigenvalue weighted by Gasteiger charge is -2.11. The van der Waals surface area contributed by atoms with E-state index in [0.29, 0.717) is 13.0 Å². The Balaban J connectivity index is 3.47. The van der Waals surface area contributed by atoms with Crippen molar-refractivity contribution in [3.05, 3.63) is 0 Å². The van der Waals surface area contributed by atoms with Gasteiger partial charge in [-0.25, -0.2) is 4.79 Å². The molecule has 0 saturated carbocycles. The Kier molecular flexibility index (Phi) is 23.8. The van der Waals surface area contributed by atoms with E-state index in [9.17, 15) is 28.8 Å². The summed E-state index contributed by atoms with van der Waals surface area (Å²) in [6.45, 7) is 3.57. The number of ketones is 1. The molecule has 0 aromatic rings. The lowest BCUT2D eigenvalue weighted by molar-refractivity contribution is -0.141. The Morgan fingerprint density at radius 3 is 1.76 bits per heavy atom. The number of amides is 4. The molecule has 236 valence electrons. The van der Waals surface area contributed by atoms with Crippen LogP contribution in [0, 0.1) is 0 Å². The maximum atomic E-state index is 11.7. The number of unbranched alkanes of at least 4 members (excludes halogenated alkanes) is 1. The first kappa shape index (κ1) is 37.8. The molecule has 0 spiro atoms. The minimum Gasteiger partial charge on any atom is -0.480 e. The van der Waals surface area contributed by atoms with Crippen molar-refractivity contribution in [2.24, 2.45) is 5.73 Å². The minimum atomic E-state index is -1.21. The SMILES string of the molecule is CC(=O)C(N)CCCCNC(=O)COCCOCCNC(=O)COCCOCCNC(=O)CCC(NC=O)C(=O)O. The van der Waals surface area contributed by atoms with Crippen LogP contribution in [0.15, 0.2) is 0 Å². The average Bonchev–Trinajstić information content (AvgIpc) is 2.93. The van der Waals surface area contributed by atoms with Crippen molar-refractivity contribution < 1.29 is 52.8 Å². The molecule has 0 fully saturated rings. The summed E-state index contributed by atoms with van der Waals surface area (Å²) in [5, 5.41) is 18.9. The first-order valence-electron chi connectivity index (χ1n) is 13.5. The normalized spacial score (nSPS) is 12.1. The third-order valence-electron chi connectivity index (χ3n) is 5.36. The van der Waals surface area contributed by atoms with E-state index in [4.69, 9.17) is 29.8 Å². The van der Waals surface area contributed by atoms with Crippen molar-refractivity contribution in [3.63, 3.8) is 0 Å². The van der Waals surface area contributed by atoms with E-state index >= 15 is 0 Å². The summed E-state index contributed by atoms with van der Waals surface area (Å²) in [6.07, 6.45) is 2.27. The molecule has 16 heteroatoms. The summed E-state index contributed by atoms with van der Waals surface area (Å²) in [5.41, 5.74) is 5.64. The number of carbonyl (C=O) groups is 6. The van der Waals surface area contributed by atoms with Crippen LogP contribution >= 0.6 is 0 Å². The number of aliphatic carboxylic acids is 1. The Bertz CT molecular complexity index is 785. The summed E-state index contributed by atoms with van der Waals surface area (Å²) < 4.78 is 21.0. The van der Waals surface area contributed by atoms with Crippen molar-refractivity contribution in [1.82, 2.24) is 21.3 Å². The van der Waals surface area contributed by atoms with E-state index in [1.165, 1.54) is 6.92 Å². The predicted octanol–water partition coefficient (Wildman–Crippen LogP) is -2.53. The van der Waals surface area contributed by atoms with Gasteiger partial charge >= 0.3 is 5.97 Å². The highest BCUT2D eigenvalue weighted by Gasteiger charge is 2.17. The molecule has 0 bridgehead atoms. The quantitative estimate of drug-likeness (QED) is 0.0408. The number of carboxylic acids is 1. The van der Waals surface area contributed by atoms with Crippen LogP contribution in [0.2, 0.25) is 0 Å². The van der Waals surface area contributed by atoms with Crippen molar-refractivity contribution in [2.45, 2.75) is 51.1 Å². The molecular formula is C25H45N5O11. The smallest absolute Gasteiger partial charge is 0.326 e. The highest BCUT2D eigenvalue weighted by Crippen LogP contribution is 1.99. The molecule has 0 rings (SSSR count). The van der Waals surface area contributed by atoms with E-state index < -0.39 is 18.1 Å². The molecule has 0 saturated heterocycles. The van der Waals surface area contributed by atoms with Gasteiger partial charge in [-0.2, -0.15) is 0 Å². The summed E-state index contributed by atoms with van der Waals surface area (Å²) in [7, 11) is 0. The molecule has 0 aromatic heterocycles. The molecule has 0 aromatic carbocycles. The minimum absolute atomic E-state index is 0.0269. The largest absolute Gasteiger partial charge is 0.480 e. The maximum absolute atomic E-state index is 11.7. The summed E-state index contributed by atoms with van der Waals surface area (Å²) in [4.78, 5) is 67.3. The van der Waals surface area contributed by atoms with Gasteiger partial charge in [0, 0.05) is 26.1 Å². The van der Waals surface area contributed by atoms with Crippen LogP contribution in [0.5, 0.6) is 0 Å². The van der Waals surface area contributed by atoms with E-state index in [1.807, 2.05) is 0 Å². The van der Waals surface area contributed by atoms with Gasteiger partial charge in [-0.15, -0.1) is 0 Å². The van der Waals surface area contributed by atoms with E-state index in [-0.39, 0.29) is 109 Å². The third kappa shape index (κ3) is 24.3. The van der Waals surface area contributed by atoms with Crippen molar-refractivity contribution >= 4 is 35.9 Å². The molecule has 2 atom stereocenters. The zero-order chi connectivity index (χ0) is 30.7. The van der Waals surface area contributed by atoms with Crippen LogP contribution in [0.25, 0.3) is 0 Å². The second kappa shape index (κ2) is 25.8. The van der Waals surface area contributed by atoms with Crippen LogP contribution in [-0.4, -0.2) is 126 Å². The molecule has 0 heterocycles. The Morgan fingerprint density at radius 2 is 1.24 bits per heavy atom. The molecule has 16 nitrogen and oxygen atoms in total. The van der Waals surface area contributed by atoms with Gasteiger partial charge in [0.1, 0.15) is 25.0 Å². The second-order valence-electron chi connectivity index (χ2n) is 8.81. The van der Waals surface area contributed by atoms with Crippen LogP contribution in [-0.2, 0) is 47.7 Å². The molecule has 0 radical (unpaired) electrons. The topological polar surface area (TPSA) is 234 Å². The van der Waals surface area contributed by atoms with Gasteiger partial charge in [0.2, 0.25) is 24.1 Å². The molecule has 0 aliphatic carbocycles. The van der Waals surface area contributed by atoms with Crippen LogP contribution in [0.3, 0.4) is 0 Å². The summed E-state index contributed by atoms with van der Waals surface area (Å²) >= 11 is 0. The van der Waals surface area contributed by atoms with Crippen LogP contribution in [0.1, 0.15) is 39.0 Å². The standard InChI is InChI=1S/C25H45N5O11/c1-19(32)20(26)4-2-3-7-27-23(34)16-40-14-13-39-11-9-29-24(35)17-41-15-12-38-10-8-28-22(33)6-5-21(25(36)37)30-18-31/h18,20-21H,2-17,26H2,1H3,(H,27,34)(H,28,33)(H,29,35)(H,30,31)(H,36,37). The van der Waals surface area contributed by atoms with Crippen LogP contribution < -0.4 is 27.0 Å². The van der Waals surface area contributed by atoms with Gasteiger partial charge in [0.15, 0.2) is 0 Å². The van der Waals surface area contributed by atoms with Gasteiger partial charge in [-0.1, -0.05) is 0 Å². The number of nitrogens with one attached hydrogen (secondary N) is 4. The van der Waals surface area contributed by atoms with E-state index in [2.05, 4.69) is 21.3 Å². The summed E-state index contributed by atoms with van der Waals surface area (Å²) in [5.74, 6) is -2.18. The van der Waals surface area contributed by atoms with Crippen molar-refractivity contribution in [2.75, 3.05) is 72.5 Å². The van der Waals surface area contributed by atoms with E-state index in [0.717, 1.165) is 12.8 Å². The molecular weight excluding hydrogens is 546 g/mol. The fourth-order valence-corrected chi connectivity index (χ4v) is 3.04. The first-order valence-corrected chi connectivity index (χ1v) is 13.5. The van der Waals surface area contributed by atoms with Gasteiger partial charge in [-0.3, -0.25) is 24.0 Å². The van der Waals surface area contributed by atoms with Gasteiger partial charge in [-0.05, 0) is 32.6 Å². The number of Topliss-reactive ketones (excluding diaryl/α,β-unsaturated/α-hetero) is 1. The fourth-order valence-electron chi connectivity index (χ4n) is 3.04. The number of rotatable bonds is 28. The van der Waals surface area contributed by atoms with Crippen LogP contribution in [0.4, 0.5) is 0 Å². The Hall–Kier alpha value is -3.18. The number of nitrogens with two attached hydrogens (primary N) is 1. The van der Waals surface area contributed by atoms with E-state index in [1.54, 1.807) is 0 Å². The molecule has 7 N–H and O–H groups in total. The molecule has 41 heavy (non-hydrogen) atoms. The lowest BCUT2D eigenvalue weighted by atomic mass is 10.1.